The second kappa shape index (κ2) is 6.54. The number of nitrogens with zero attached hydrogens (tertiary/aromatic N) is 1. The fourth-order valence-electron chi connectivity index (χ4n) is 2.20. The van der Waals surface area contributed by atoms with Gasteiger partial charge >= 0.3 is 6.03 Å². The second-order valence-electron chi connectivity index (χ2n) is 4.84. The predicted octanol–water partition coefficient (Wildman–Crippen LogP) is 4.54. The number of urea groups is 1. The molecule has 2 N–H and O–H groups in total. The quantitative estimate of drug-likeness (QED) is 0.742. The molecule has 3 rings (SSSR count). The molecule has 0 aliphatic rings. The first-order valence-electron chi connectivity index (χ1n) is 6.92. The maximum atomic E-state index is 12.1. The Labute approximate surface area is 138 Å². The summed E-state index contributed by atoms with van der Waals surface area (Å²) in [5.41, 5.74) is 1.96. The minimum absolute atomic E-state index is 0.400. The molecule has 0 atom stereocenters. The van der Waals surface area contributed by atoms with Crippen molar-refractivity contribution in [3.05, 3.63) is 59.8 Å². The Morgan fingerprint density at radius 3 is 2.78 bits per heavy atom. The number of nitrogens with one attached hydrogen (secondary N) is 2. The van der Waals surface area contributed by atoms with Gasteiger partial charge < -0.3 is 15.4 Å². The highest BCUT2D eigenvalue weighted by atomic mass is 35.5. The first-order valence-corrected chi connectivity index (χ1v) is 7.30. The first kappa shape index (κ1) is 15.1. The van der Waals surface area contributed by atoms with Crippen LogP contribution in [0, 0.1) is 0 Å². The Balaban J connectivity index is 1.77. The molecule has 0 spiro atoms. The van der Waals surface area contributed by atoms with E-state index >= 15 is 0 Å². The van der Waals surface area contributed by atoms with Crippen molar-refractivity contribution in [1.29, 1.82) is 0 Å². The molecular weight excluding hydrogens is 314 g/mol. The number of fused-ring (bicyclic) bond motifs is 1. The van der Waals surface area contributed by atoms with Gasteiger partial charge in [-0.25, -0.2) is 4.79 Å². The SMILES string of the molecule is COc1ccc(Cl)cc1NC(=O)Nc1cnc2ccccc2c1. The highest BCUT2D eigenvalue weighted by Crippen LogP contribution is 2.27. The lowest BCUT2D eigenvalue weighted by atomic mass is 10.2. The fraction of sp³-hybridized carbons (Fsp3) is 0.0588. The topological polar surface area (TPSA) is 63.2 Å². The summed E-state index contributed by atoms with van der Waals surface area (Å²) in [4.78, 5) is 16.4. The van der Waals surface area contributed by atoms with Crippen LogP contribution in [0.25, 0.3) is 10.9 Å². The molecule has 0 radical (unpaired) electrons. The van der Waals surface area contributed by atoms with Gasteiger partial charge in [-0.15, -0.1) is 0 Å². The molecule has 0 aliphatic heterocycles. The summed E-state index contributed by atoms with van der Waals surface area (Å²) in [5.74, 6) is 0.529. The number of rotatable bonds is 3. The van der Waals surface area contributed by atoms with Crippen molar-refractivity contribution in [3.8, 4) is 5.75 Å². The molecule has 0 bridgehead atoms. The first-order chi connectivity index (χ1) is 11.2. The van der Waals surface area contributed by atoms with Gasteiger partial charge in [0, 0.05) is 10.4 Å². The number of anilines is 2. The number of pyridine rings is 1. The van der Waals surface area contributed by atoms with Gasteiger partial charge in [0.05, 0.1) is 30.2 Å². The van der Waals surface area contributed by atoms with Gasteiger partial charge in [-0.3, -0.25) is 4.98 Å². The van der Waals surface area contributed by atoms with Crippen LogP contribution >= 0.6 is 11.6 Å². The molecule has 0 saturated carbocycles. The van der Waals surface area contributed by atoms with Gasteiger partial charge in [-0.05, 0) is 30.3 Å². The minimum atomic E-state index is -0.400. The monoisotopic (exact) mass is 327 g/mol. The van der Waals surface area contributed by atoms with Gasteiger partial charge in [-0.2, -0.15) is 0 Å². The number of benzene rings is 2. The smallest absolute Gasteiger partial charge is 0.323 e. The fourth-order valence-corrected chi connectivity index (χ4v) is 2.37. The van der Waals surface area contributed by atoms with E-state index in [1.807, 2.05) is 30.3 Å². The Hall–Kier alpha value is -2.79. The van der Waals surface area contributed by atoms with E-state index in [1.165, 1.54) is 7.11 Å². The lowest BCUT2D eigenvalue weighted by Crippen LogP contribution is -2.19. The molecule has 2 amide bonds. The number of ether oxygens (including phenoxy) is 1. The average molecular weight is 328 g/mol. The van der Waals surface area contributed by atoms with Crippen LogP contribution in [-0.2, 0) is 0 Å². The third-order valence-electron chi connectivity index (χ3n) is 3.26. The molecule has 1 heterocycles. The van der Waals surface area contributed by atoms with E-state index in [-0.39, 0.29) is 0 Å². The molecule has 2 aromatic carbocycles. The summed E-state index contributed by atoms with van der Waals surface area (Å²) in [7, 11) is 1.53. The Morgan fingerprint density at radius 2 is 1.96 bits per heavy atom. The Morgan fingerprint density at radius 1 is 1.13 bits per heavy atom. The Kier molecular flexibility index (Phi) is 4.30. The van der Waals surface area contributed by atoms with Crippen LogP contribution in [0.3, 0.4) is 0 Å². The van der Waals surface area contributed by atoms with E-state index in [4.69, 9.17) is 16.3 Å². The van der Waals surface area contributed by atoms with Crippen LogP contribution in [0.4, 0.5) is 16.2 Å². The number of aromatic nitrogens is 1. The van der Waals surface area contributed by atoms with Crippen molar-refractivity contribution in [2.45, 2.75) is 0 Å². The zero-order valence-corrected chi connectivity index (χ0v) is 13.1. The number of hydrogen-bond donors (Lipinski definition) is 2. The van der Waals surface area contributed by atoms with Gasteiger partial charge in [-0.1, -0.05) is 29.8 Å². The van der Waals surface area contributed by atoms with E-state index in [1.54, 1.807) is 24.4 Å². The summed E-state index contributed by atoms with van der Waals surface area (Å²) >= 11 is 5.95. The van der Waals surface area contributed by atoms with E-state index in [2.05, 4.69) is 15.6 Å². The number of para-hydroxylation sites is 1. The van der Waals surface area contributed by atoms with E-state index in [0.29, 0.717) is 22.1 Å². The third kappa shape index (κ3) is 3.52. The van der Waals surface area contributed by atoms with Crippen molar-refractivity contribution in [2.75, 3.05) is 17.7 Å². The van der Waals surface area contributed by atoms with Gasteiger partial charge in [0.1, 0.15) is 5.75 Å². The van der Waals surface area contributed by atoms with Crippen LogP contribution < -0.4 is 15.4 Å². The molecule has 1 aromatic heterocycles. The number of carbonyl (C=O) groups is 1. The molecule has 0 aliphatic carbocycles. The van der Waals surface area contributed by atoms with Gasteiger partial charge in [0.25, 0.3) is 0 Å². The highest BCUT2D eigenvalue weighted by molar-refractivity contribution is 6.31. The van der Waals surface area contributed by atoms with Crippen LogP contribution in [0.15, 0.2) is 54.7 Å². The highest BCUT2D eigenvalue weighted by Gasteiger charge is 2.09. The molecule has 0 unspecified atom stereocenters. The normalized spacial score (nSPS) is 10.3. The number of carbonyl (C=O) groups excluding carboxylic acids is 1. The van der Waals surface area contributed by atoms with Crippen molar-refractivity contribution >= 4 is 39.9 Å². The zero-order chi connectivity index (χ0) is 16.2. The van der Waals surface area contributed by atoms with Crippen molar-refractivity contribution in [2.24, 2.45) is 0 Å². The van der Waals surface area contributed by atoms with E-state index < -0.39 is 6.03 Å². The van der Waals surface area contributed by atoms with Crippen LogP contribution in [0.5, 0.6) is 5.75 Å². The zero-order valence-electron chi connectivity index (χ0n) is 12.3. The summed E-state index contributed by atoms with van der Waals surface area (Å²) in [6, 6.07) is 14.1. The molecule has 116 valence electrons. The van der Waals surface area contributed by atoms with Crippen molar-refractivity contribution < 1.29 is 9.53 Å². The predicted molar refractivity (Wildman–Crippen MR) is 92.4 cm³/mol. The molecule has 0 saturated heterocycles. The van der Waals surface area contributed by atoms with E-state index in [0.717, 1.165) is 10.9 Å². The van der Waals surface area contributed by atoms with E-state index in [9.17, 15) is 4.79 Å². The molecular formula is C17H14ClN3O2. The molecule has 6 heteroatoms. The van der Waals surface area contributed by atoms with Crippen LogP contribution in [-0.4, -0.2) is 18.1 Å². The third-order valence-corrected chi connectivity index (χ3v) is 3.49. The summed E-state index contributed by atoms with van der Waals surface area (Å²) in [5, 5.41) is 6.91. The number of hydrogen-bond acceptors (Lipinski definition) is 3. The molecule has 23 heavy (non-hydrogen) atoms. The lowest BCUT2D eigenvalue weighted by molar-refractivity contribution is 0.262. The summed E-state index contributed by atoms with van der Waals surface area (Å²) < 4.78 is 5.20. The average Bonchev–Trinajstić information content (AvgIpc) is 2.55. The summed E-state index contributed by atoms with van der Waals surface area (Å²) in [6.45, 7) is 0. The standard InChI is InChI=1S/C17H14ClN3O2/c1-23-16-7-6-12(18)9-15(16)21-17(22)20-13-8-11-4-2-3-5-14(11)19-10-13/h2-10H,1H3,(H2,20,21,22). The largest absolute Gasteiger partial charge is 0.495 e. The maximum absolute atomic E-state index is 12.1. The molecule has 3 aromatic rings. The molecule has 0 fully saturated rings. The number of amides is 2. The maximum Gasteiger partial charge on any atom is 0.323 e. The summed E-state index contributed by atoms with van der Waals surface area (Å²) in [6.07, 6.45) is 1.61. The Bertz CT molecular complexity index is 867. The van der Waals surface area contributed by atoms with Crippen molar-refractivity contribution in [3.63, 3.8) is 0 Å². The van der Waals surface area contributed by atoms with Crippen molar-refractivity contribution in [1.82, 2.24) is 4.98 Å². The minimum Gasteiger partial charge on any atom is -0.495 e. The van der Waals surface area contributed by atoms with Crippen LogP contribution in [0.1, 0.15) is 0 Å². The van der Waals surface area contributed by atoms with Crippen LogP contribution in [0.2, 0.25) is 5.02 Å². The van der Waals surface area contributed by atoms with Gasteiger partial charge in [0.2, 0.25) is 0 Å². The number of methoxy groups -OCH3 is 1. The second-order valence-corrected chi connectivity index (χ2v) is 5.28. The lowest BCUT2D eigenvalue weighted by Gasteiger charge is -2.11. The number of halogens is 1. The van der Waals surface area contributed by atoms with Gasteiger partial charge in [0.15, 0.2) is 0 Å². The molecule has 5 nitrogen and oxygen atoms in total.